The Bertz CT molecular complexity index is 1020. The summed E-state index contributed by atoms with van der Waals surface area (Å²) in [4.78, 5) is 14.8. The zero-order chi connectivity index (χ0) is 24.4. The monoisotopic (exact) mass is 489 g/mol. The van der Waals surface area contributed by atoms with Gasteiger partial charge in [0.1, 0.15) is 0 Å². The van der Waals surface area contributed by atoms with Crippen LogP contribution in [0.1, 0.15) is 29.8 Å². The van der Waals surface area contributed by atoms with Crippen LogP contribution in [-0.4, -0.2) is 81.8 Å². The van der Waals surface area contributed by atoms with Gasteiger partial charge >= 0.3 is 0 Å². The van der Waals surface area contributed by atoms with Crippen LogP contribution in [0.15, 0.2) is 48.5 Å². The first kappa shape index (κ1) is 26.0. The van der Waals surface area contributed by atoms with Gasteiger partial charge in [0.15, 0.2) is 11.5 Å². The van der Waals surface area contributed by atoms with Gasteiger partial charge in [0, 0.05) is 44.8 Å². The summed E-state index contributed by atoms with van der Waals surface area (Å²) in [6.45, 7) is 8.01. The summed E-state index contributed by atoms with van der Waals surface area (Å²) in [5, 5.41) is 2.71. The van der Waals surface area contributed by atoms with Gasteiger partial charge in [0.05, 0.1) is 19.0 Å². The number of carbonyl (C=O) groups is 1. The molecule has 186 valence electrons. The van der Waals surface area contributed by atoms with E-state index >= 15 is 0 Å². The Morgan fingerprint density at radius 1 is 0.941 bits per heavy atom. The molecule has 34 heavy (non-hydrogen) atoms. The van der Waals surface area contributed by atoms with E-state index in [0.29, 0.717) is 56.5 Å². The normalized spacial score (nSPS) is 15.1. The lowest BCUT2D eigenvalue weighted by molar-refractivity contribution is 0.0955. The fraction of sp³-hybridized carbons (Fsp3) is 0.480. The highest BCUT2D eigenvalue weighted by molar-refractivity contribution is 7.89. The highest BCUT2D eigenvalue weighted by Crippen LogP contribution is 2.28. The maximum Gasteiger partial charge on any atom is 0.251 e. The molecule has 1 N–H and O–H groups in total. The Balaban J connectivity index is 1.44. The Labute approximate surface area is 202 Å². The molecule has 1 heterocycles. The first-order chi connectivity index (χ1) is 16.4. The predicted molar refractivity (Wildman–Crippen MR) is 133 cm³/mol. The molecule has 1 aliphatic heterocycles. The Kier molecular flexibility index (Phi) is 9.74. The molecule has 0 unspecified atom stereocenters. The van der Waals surface area contributed by atoms with Gasteiger partial charge in [-0.1, -0.05) is 30.3 Å². The average Bonchev–Trinajstić information content (AvgIpc) is 2.85. The molecule has 1 saturated heterocycles. The molecule has 1 fully saturated rings. The number of nitrogens with one attached hydrogen (secondary N) is 1. The maximum atomic E-state index is 12.8. The third-order valence-electron chi connectivity index (χ3n) is 5.74. The van der Waals surface area contributed by atoms with Crippen molar-refractivity contribution in [3.63, 3.8) is 0 Å². The largest absolute Gasteiger partial charge is 0.490 e. The molecule has 0 atom stereocenters. The number of rotatable bonds is 12. The van der Waals surface area contributed by atoms with E-state index in [1.54, 1.807) is 18.2 Å². The Hall–Kier alpha value is -2.62. The van der Waals surface area contributed by atoms with Crippen LogP contribution in [0.5, 0.6) is 11.5 Å². The molecule has 0 bridgehead atoms. The quantitative estimate of drug-likeness (QED) is 0.493. The second-order valence-corrected chi connectivity index (χ2v) is 10.2. The summed E-state index contributed by atoms with van der Waals surface area (Å²) in [5.41, 5.74) is 1.69. The number of piperazine rings is 1. The van der Waals surface area contributed by atoms with Crippen molar-refractivity contribution in [1.82, 2.24) is 14.5 Å². The lowest BCUT2D eigenvalue weighted by Crippen LogP contribution is -2.50. The third kappa shape index (κ3) is 7.44. The molecule has 3 rings (SSSR count). The van der Waals surface area contributed by atoms with Crippen LogP contribution in [0, 0.1) is 0 Å². The van der Waals surface area contributed by atoms with Crippen LogP contribution in [0.4, 0.5) is 0 Å². The number of sulfonamides is 1. The number of amides is 1. The molecule has 8 nitrogen and oxygen atoms in total. The minimum atomic E-state index is -3.44. The molecule has 2 aromatic rings. The van der Waals surface area contributed by atoms with Gasteiger partial charge in [-0.2, -0.15) is 4.31 Å². The van der Waals surface area contributed by atoms with Gasteiger partial charge in [0.2, 0.25) is 10.0 Å². The van der Waals surface area contributed by atoms with Crippen molar-refractivity contribution in [1.29, 1.82) is 0 Å². The molecule has 9 heteroatoms. The molecule has 0 spiro atoms. The van der Waals surface area contributed by atoms with Gasteiger partial charge in [-0.05, 0) is 44.0 Å². The highest BCUT2D eigenvalue weighted by atomic mass is 32.2. The topological polar surface area (TPSA) is 88.2 Å². The number of hydrogen-bond acceptors (Lipinski definition) is 6. The fourth-order valence-corrected chi connectivity index (χ4v) is 5.22. The molecule has 2 aromatic carbocycles. The third-order valence-corrected chi connectivity index (χ3v) is 7.61. The van der Waals surface area contributed by atoms with Crippen LogP contribution >= 0.6 is 0 Å². The zero-order valence-electron chi connectivity index (χ0n) is 20.0. The van der Waals surface area contributed by atoms with Gasteiger partial charge in [-0.25, -0.2) is 8.42 Å². The van der Waals surface area contributed by atoms with Crippen LogP contribution in [0.3, 0.4) is 0 Å². The Morgan fingerprint density at radius 3 is 2.29 bits per heavy atom. The summed E-state index contributed by atoms with van der Waals surface area (Å²) in [5.74, 6) is 0.601. The van der Waals surface area contributed by atoms with E-state index in [9.17, 15) is 13.2 Å². The molecular weight excluding hydrogens is 454 g/mol. The van der Waals surface area contributed by atoms with E-state index in [0.717, 1.165) is 13.0 Å². The van der Waals surface area contributed by atoms with E-state index in [2.05, 4.69) is 22.3 Å². The van der Waals surface area contributed by atoms with Crippen molar-refractivity contribution in [2.45, 2.75) is 20.3 Å². The Morgan fingerprint density at radius 2 is 1.62 bits per heavy atom. The van der Waals surface area contributed by atoms with E-state index in [1.807, 2.05) is 32.0 Å². The second-order valence-electron chi connectivity index (χ2n) is 8.08. The van der Waals surface area contributed by atoms with Crippen molar-refractivity contribution in [2.24, 2.45) is 0 Å². The van der Waals surface area contributed by atoms with Gasteiger partial charge in [0.25, 0.3) is 5.91 Å². The van der Waals surface area contributed by atoms with Crippen LogP contribution in [-0.2, 0) is 16.4 Å². The predicted octanol–water partition coefficient (Wildman–Crippen LogP) is 2.40. The van der Waals surface area contributed by atoms with E-state index < -0.39 is 10.0 Å². The van der Waals surface area contributed by atoms with Crippen LogP contribution < -0.4 is 14.8 Å². The number of hydrogen-bond donors (Lipinski definition) is 1. The molecule has 1 amide bonds. The zero-order valence-corrected chi connectivity index (χ0v) is 20.9. The van der Waals surface area contributed by atoms with Crippen molar-refractivity contribution in [2.75, 3.05) is 58.2 Å². The standard InChI is InChI=1S/C25H35N3O5S/c1-3-32-23-11-10-22(20-24(23)33-4-2)25(29)26-13-19-34(30,31)28-17-15-27(16-18-28)14-12-21-8-6-5-7-9-21/h5-11,20H,3-4,12-19H2,1-2H3,(H,26,29). The molecule has 1 aliphatic rings. The maximum absolute atomic E-state index is 12.8. The van der Waals surface area contributed by atoms with Crippen molar-refractivity contribution >= 4 is 15.9 Å². The second kappa shape index (κ2) is 12.7. The van der Waals surface area contributed by atoms with Gasteiger partial charge in [-0.3, -0.25) is 4.79 Å². The summed E-state index contributed by atoms with van der Waals surface area (Å²) >= 11 is 0. The van der Waals surface area contributed by atoms with Crippen LogP contribution in [0.2, 0.25) is 0 Å². The molecule has 0 saturated carbocycles. The summed E-state index contributed by atoms with van der Waals surface area (Å²) in [7, 11) is -3.44. The molecule has 0 aliphatic carbocycles. The first-order valence-electron chi connectivity index (χ1n) is 11.8. The fourth-order valence-electron chi connectivity index (χ4n) is 3.88. The molecular formula is C25H35N3O5S. The first-order valence-corrected chi connectivity index (χ1v) is 13.5. The number of carbonyl (C=O) groups excluding carboxylic acids is 1. The van der Waals surface area contributed by atoms with E-state index in [1.165, 1.54) is 9.87 Å². The SMILES string of the molecule is CCOc1ccc(C(=O)NCCS(=O)(=O)N2CCN(CCc3ccccc3)CC2)cc1OCC. The average molecular weight is 490 g/mol. The van der Waals surface area contributed by atoms with E-state index in [-0.39, 0.29) is 18.2 Å². The van der Waals surface area contributed by atoms with Gasteiger partial charge < -0.3 is 19.7 Å². The van der Waals surface area contributed by atoms with Crippen molar-refractivity contribution in [3.05, 3.63) is 59.7 Å². The summed E-state index contributed by atoms with van der Waals surface area (Å²) in [6.07, 6.45) is 0.955. The lowest BCUT2D eigenvalue weighted by atomic mass is 10.1. The van der Waals surface area contributed by atoms with Crippen molar-refractivity contribution in [3.8, 4) is 11.5 Å². The number of benzene rings is 2. The van der Waals surface area contributed by atoms with Gasteiger partial charge in [-0.15, -0.1) is 0 Å². The van der Waals surface area contributed by atoms with E-state index in [4.69, 9.17) is 9.47 Å². The summed E-state index contributed by atoms with van der Waals surface area (Å²) in [6, 6.07) is 15.3. The smallest absolute Gasteiger partial charge is 0.251 e. The minimum absolute atomic E-state index is 0.0482. The molecule has 0 radical (unpaired) electrons. The lowest BCUT2D eigenvalue weighted by Gasteiger charge is -2.34. The van der Waals surface area contributed by atoms with Crippen molar-refractivity contribution < 1.29 is 22.7 Å². The molecule has 0 aromatic heterocycles. The highest BCUT2D eigenvalue weighted by Gasteiger charge is 2.26. The minimum Gasteiger partial charge on any atom is -0.490 e. The number of nitrogens with zero attached hydrogens (tertiary/aromatic N) is 2. The van der Waals surface area contributed by atoms with Crippen LogP contribution in [0.25, 0.3) is 0 Å². The summed E-state index contributed by atoms with van der Waals surface area (Å²) < 4.78 is 38.1. The number of ether oxygens (including phenoxy) is 2.